The van der Waals surface area contributed by atoms with E-state index in [1.54, 1.807) is 0 Å². The minimum atomic E-state index is 0.861. The predicted octanol–water partition coefficient (Wildman–Crippen LogP) is 10.1. The van der Waals surface area contributed by atoms with Crippen molar-refractivity contribution in [2.45, 2.75) is 0 Å². The molecular formula is C37H22N2O2. The molecule has 4 heteroatoms. The van der Waals surface area contributed by atoms with Crippen LogP contribution in [0.4, 0.5) is 0 Å². The average Bonchev–Trinajstić information content (AvgIpc) is 3.72. The minimum Gasteiger partial charge on any atom is -0.456 e. The Labute approximate surface area is 234 Å². The second-order valence-electron chi connectivity index (χ2n) is 10.5. The first kappa shape index (κ1) is 22.2. The van der Waals surface area contributed by atoms with Gasteiger partial charge in [0.25, 0.3) is 0 Å². The molecule has 0 aliphatic rings. The third-order valence-electron chi connectivity index (χ3n) is 8.05. The van der Waals surface area contributed by atoms with Crippen molar-refractivity contribution >= 4 is 49.5 Å². The SMILES string of the molecule is c1ccc(-c2ccc3oc4cc5c(cc4c3c2)oc2ccc(-c3ccc(-c4cn6ccccc6n4)cc3)cc25)cc1. The maximum absolute atomic E-state index is 6.34. The van der Waals surface area contributed by atoms with Gasteiger partial charge in [0.15, 0.2) is 0 Å². The maximum Gasteiger partial charge on any atom is 0.137 e. The highest BCUT2D eigenvalue weighted by atomic mass is 16.3. The number of aromatic nitrogens is 2. The molecule has 0 fully saturated rings. The fourth-order valence-corrected chi connectivity index (χ4v) is 5.94. The van der Waals surface area contributed by atoms with E-state index in [2.05, 4.69) is 103 Å². The molecule has 0 unspecified atom stereocenters. The third-order valence-corrected chi connectivity index (χ3v) is 8.05. The van der Waals surface area contributed by atoms with Crippen LogP contribution >= 0.6 is 0 Å². The molecule has 0 bridgehead atoms. The Kier molecular flexibility index (Phi) is 4.58. The number of benzene rings is 5. The number of imidazole rings is 1. The number of furan rings is 2. The van der Waals surface area contributed by atoms with Crippen molar-refractivity contribution in [3.8, 4) is 33.5 Å². The lowest BCUT2D eigenvalue weighted by atomic mass is 10.0. The highest BCUT2D eigenvalue weighted by Crippen LogP contribution is 2.39. The van der Waals surface area contributed by atoms with E-state index in [0.29, 0.717) is 0 Å². The van der Waals surface area contributed by atoms with Gasteiger partial charge >= 0.3 is 0 Å². The first-order chi connectivity index (χ1) is 20.3. The molecular weight excluding hydrogens is 504 g/mol. The smallest absolute Gasteiger partial charge is 0.137 e. The summed E-state index contributed by atoms with van der Waals surface area (Å²) >= 11 is 0. The van der Waals surface area contributed by atoms with E-state index >= 15 is 0 Å². The highest BCUT2D eigenvalue weighted by molar-refractivity contribution is 6.15. The van der Waals surface area contributed by atoms with Crippen LogP contribution < -0.4 is 0 Å². The lowest BCUT2D eigenvalue weighted by Gasteiger charge is -2.03. The van der Waals surface area contributed by atoms with E-state index in [4.69, 9.17) is 13.8 Å². The number of fused-ring (bicyclic) bond motifs is 7. The van der Waals surface area contributed by atoms with Crippen molar-refractivity contribution in [1.29, 1.82) is 0 Å². The molecule has 0 saturated heterocycles. The highest BCUT2D eigenvalue weighted by Gasteiger charge is 2.15. The van der Waals surface area contributed by atoms with Gasteiger partial charge < -0.3 is 13.2 Å². The van der Waals surface area contributed by atoms with Gasteiger partial charge in [-0.05, 0) is 70.8 Å². The molecule has 0 aliphatic heterocycles. The predicted molar refractivity (Wildman–Crippen MR) is 166 cm³/mol. The fourth-order valence-electron chi connectivity index (χ4n) is 5.94. The summed E-state index contributed by atoms with van der Waals surface area (Å²) in [7, 11) is 0. The summed E-state index contributed by atoms with van der Waals surface area (Å²) in [6, 6.07) is 42.1. The van der Waals surface area contributed by atoms with Gasteiger partial charge in [0.05, 0.1) is 5.69 Å². The van der Waals surface area contributed by atoms with E-state index in [1.165, 1.54) is 11.1 Å². The van der Waals surface area contributed by atoms with Gasteiger partial charge in [-0.1, -0.05) is 72.8 Å². The molecule has 5 aromatic carbocycles. The number of nitrogens with zero attached hydrogens (tertiary/aromatic N) is 2. The van der Waals surface area contributed by atoms with Gasteiger partial charge in [-0.25, -0.2) is 4.98 Å². The Morgan fingerprint density at radius 3 is 1.61 bits per heavy atom. The van der Waals surface area contributed by atoms with Crippen molar-refractivity contribution in [2.75, 3.05) is 0 Å². The Balaban J connectivity index is 1.13. The summed E-state index contributed by atoms with van der Waals surface area (Å²) in [5, 5.41) is 4.29. The first-order valence-electron chi connectivity index (χ1n) is 13.7. The molecule has 41 heavy (non-hydrogen) atoms. The molecule has 0 N–H and O–H groups in total. The zero-order chi connectivity index (χ0) is 26.9. The van der Waals surface area contributed by atoms with Crippen LogP contribution in [0.25, 0.3) is 83.0 Å². The molecule has 0 spiro atoms. The van der Waals surface area contributed by atoms with Crippen LogP contribution in [0.5, 0.6) is 0 Å². The molecule has 0 atom stereocenters. The molecule has 4 aromatic heterocycles. The molecule has 0 radical (unpaired) electrons. The Hall–Kier alpha value is -5.61. The van der Waals surface area contributed by atoms with E-state index in [0.717, 1.165) is 71.9 Å². The Bertz CT molecular complexity index is 2380. The monoisotopic (exact) mass is 526 g/mol. The number of pyridine rings is 1. The lowest BCUT2D eigenvalue weighted by molar-refractivity contribution is 0.664. The maximum atomic E-state index is 6.34. The van der Waals surface area contributed by atoms with Crippen LogP contribution in [0.3, 0.4) is 0 Å². The molecule has 0 aliphatic carbocycles. The van der Waals surface area contributed by atoms with Gasteiger partial charge in [-0.2, -0.15) is 0 Å². The summed E-state index contributed by atoms with van der Waals surface area (Å²) in [4.78, 5) is 4.76. The van der Waals surface area contributed by atoms with Gasteiger partial charge in [0.2, 0.25) is 0 Å². The molecule has 0 amide bonds. The van der Waals surface area contributed by atoms with Crippen molar-refractivity contribution in [2.24, 2.45) is 0 Å². The normalized spacial score (nSPS) is 11.9. The van der Waals surface area contributed by atoms with Crippen LogP contribution in [0.1, 0.15) is 0 Å². The second kappa shape index (κ2) is 8.44. The van der Waals surface area contributed by atoms with Crippen molar-refractivity contribution in [3.05, 3.63) is 134 Å². The molecule has 9 aromatic rings. The lowest BCUT2D eigenvalue weighted by Crippen LogP contribution is -1.80. The number of hydrogen-bond donors (Lipinski definition) is 0. The molecule has 9 rings (SSSR count). The number of rotatable bonds is 3. The quantitative estimate of drug-likeness (QED) is 0.230. The van der Waals surface area contributed by atoms with Crippen LogP contribution in [0.2, 0.25) is 0 Å². The molecule has 0 saturated carbocycles. The summed E-state index contributed by atoms with van der Waals surface area (Å²) in [5.74, 6) is 0. The zero-order valence-corrected chi connectivity index (χ0v) is 21.9. The zero-order valence-electron chi connectivity index (χ0n) is 21.9. The molecule has 192 valence electrons. The standard InChI is InChI=1S/C37H22N2O2/c1-2-6-23(7-3-1)26-13-15-33-28(18-26)30-20-36-31(21-35(30)40-33)29-19-27(14-16-34(29)41-36)24-9-11-25(12-10-24)32-22-39-17-5-4-8-37(39)38-32/h1-22H. The summed E-state index contributed by atoms with van der Waals surface area (Å²) in [5.41, 5.74) is 11.1. The fraction of sp³-hybridized carbons (Fsp3) is 0. The largest absolute Gasteiger partial charge is 0.456 e. The van der Waals surface area contributed by atoms with Crippen LogP contribution in [-0.4, -0.2) is 9.38 Å². The molecule has 4 heterocycles. The average molecular weight is 527 g/mol. The summed E-state index contributed by atoms with van der Waals surface area (Å²) in [6.07, 6.45) is 4.08. The third kappa shape index (κ3) is 3.51. The van der Waals surface area contributed by atoms with Crippen molar-refractivity contribution in [1.82, 2.24) is 9.38 Å². The first-order valence-corrected chi connectivity index (χ1v) is 13.7. The summed E-state index contributed by atoms with van der Waals surface area (Å²) in [6.45, 7) is 0. The summed E-state index contributed by atoms with van der Waals surface area (Å²) < 4.78 is 14.7. The van der Waals surface area contributed by atoms with Crippen LogP contribution in [0.15, 0.2) is 143 Å². The van der Waals surface area contributed by atoms with Crippen LogP contribution in [0, 0.1) is 0 Å². The van der Waals surface area contributed by atoms with Gasteiger partial charge in [0.1, 0.15) is 28.0 Å². The topological polar surface area (TPSA) is 43.6 Å². The van der Waals surface area contributed by atoms with Gasteiger partial charge in [-0.15, -0.1) is 0 Å². The van der Waals surface area contributed by atoms with E-state index in [9.17, 15) is 0 Å². The second-order valence-corrected chi connectivity index (χ2v) is 10.5. The van der Waals surface area contributed by atoms with Gasteiger partial charge in [-0.3, -0.25) is 0 Å². The Morgan fingerprint density at radius 2 is 0.976 bits per heavy atom. The van der Waals surface area contributed by atoms with Crippen molar-refractivity contribution < 1.29 is 8.83 Å². The van der Waals surface area contributed by atoms with Crippen molar-refractivity contribution in [3.63, 3.8) is 0 Å². The van der Waals surface area contributed by atoms with E-state index < -0.39 is 0 Å². The van der Waals surface area contributed by atoms with Gasteiger partial charge in [0, 0.05) is 39.5 Å². The minimum absolute atomic E-state index is 0.861. The molecule has 4 nitrogen and oxygen atoms in total. The van der Waals surface area contributed by atoms with E-state index in [-0.39, 0.29) is 0 Å². The van der Waals surface area contributed by atoms with E-state index in [1.807, 2.05) is 34.9 Å². The number of hydrogen-bond acceptors (Lipinski definition) is 3. The Morgan fingerprint density at radius 1 is 0.439 bits per heavy atom. The van der Waals surface area contributed by atoms with Crippen LogP contribution in [-0.2, 0) is 0 Å².